The van der Waals surface area contributed by atoms with Crippen molar-refractivity contribution in [3.05, 3.63) is 43.8 Å². The second-order valence-electron chi connectivity index (χ2n) is 4.16. The number of thiophene rings is 1. The van der Waals surface area contributed by atoms with Crippen LogP contribution < -0.4 is 10.5 Å². The molecule has 0 aliphatic rings. The van der Waals surface area contributed by atoms with Gasteiger partial charge in [-0.15, -0.1) is 11.3 Å². The lowest BCUT2D eigenvalue weighted by molar-refractivity contribution is 0.581. The minimum atomic E-state index is -3.83. The molecule has 0 radical (unpaired) electrons. The second kappa shape index (κ2) is 6.62. The number of hydrogen-bond acceptors (Lipinski definition) is 4. The van der Waals surface area contributed by atoms with E-state index < -0.39 is 15.8 Å². The van der Waals surface area contributed by atoms with Gasteiger partial charge < -0.3 is 5.73 Å². The molecule has 0 saturated heterocycles. The number of rotatable bonds is 5. The average Bonchev–Trinajstić information content (AvgIpc) is 2.79. The molecule has 0 aliphatic heterocycles. The highest BCUT2D eigenvalue weighted by Crippen LogP contribution is 2.26. The van der Waals surface area contributed by atoms with E-state index in [4.69, 9.17) is 17.3 Å². The van der Waals surface area contributed by atoms with Crippen LogP contribution in [0.1, 0.15) is 4.88 Å². The summed E-state index contributed by atoms with van der Waals surface area (Å²) in [5, 5.41) is -0.201. The van der Waals surface area contributed by atoms with Crippen molar-refractivity contribution in [3.8, 4) is 0 Å². The molecule has 0 spiro atoms. The molecule has 0 amide bonds. The van der Waals surface area contributed by atoms with Crippen LogP contribution in [0.3, 0.4) is 0 Å². The minimum absolute atomic E-state index is 0.201. The van der Waals surface area contributed by atoms with E-state index in [-0.39, 0.29) is 22.2 Å². The molecule has 2 rings (SSSR count). The molecule has 1 aromatic heterocycles. The molecule has 2 aromatic rings. The van der Waals surface area contributed by atoms with E-state index in [9.17, 15) is 12.8 Å². The maximum Gasteiger partial charge on any atom is 0.242 e. The molecule has 21 heavy (non-hydrogen) atoms. The Bertz CT molecular complexity index is 765. The molecule has 4 nitrogen and oxygen atoms in total. The van der Waals surface area contributed by atoms with E-state index in [1.54, 1.807) is 0 Å². The van der Waals surface area contributed by atoms with Gasteiger partial charge >= 0.3 is 0 Å². The topological polar surface area (TPSA) is 72.2 Å². The summed E-state index contributed by atoms with van der Waals surface area (Å²) >= 11 is 10.6. The summed E-state index contributed by atoms with van der Waals surface area (Å²) in [6.45, 7) is 0.211. The fourth-order valence-corrected chi connectivity index (χ4v) is 4.69. The Labute approximate surface area is 139 Å². The van der Waals surface area contributed by atoms with Crippen molar-refractivity contribution in [2.75, 3.05) is 12.3 Å². The zero-order valence-corrected chi connectivity index (χ0v) is 14.5. The zero-order valence-electron chi connectivity index (χ0n) is 10.6. The van der Waals surface area contributed by atoms with Gasteiger partial charge in [0, 0.05) is 11.4 Å². The maximum atomic E-state index is 13.2. The summed E-state index contributed by atoms with van der Waals surface area (Å²) in [6, 6.07) is 5.71. The van der Waals surface area contributed by atoms with Gasteiger partial charge in [-0.05, 0) is 46.6 Å². The molecule has 1 heterocycles. The van der Waals surface area contributed by atoms with E-state index in [1.165, 1.54) is 11.3 Å². The highest BCUT2D eigenvalue weighted by molar-refractivity contribution is 9.11. The normalized spacial score (nSPS) is 11.8. The molecule has 0 atom stereocenters. The lowest BCUT2D eigenvalue weighted by atomic mass is 10.3. The van der Waals surface area contributed by atoms with Gasteiger partial charge in [0.1, 0.15) is 10.7 Å². The van der Waals surface area contributed by atoms with Gasteiger partial charge in [-0.3, -0.25) is 0 Å². The molecule has 0 aliphatic carbocycles. The number of halogens is 3. The van der Waals surface area contributed by atoms with Gasteiger partial charge in [-0.1, -0.05) is 11.6 Å². The van der Waals surface area contributed by atoms with Crippen LogP contribution in [0.4, 0.5) is 10.1 Å². The number of nitrogens with two attached hydrogens (primary N) is 1. The van der Waals surface area contributed by atoms with E-state index >= 15 is 0 Å². The van der Waals surface area contributed by atoms with Crippen molar-refractivity contribution < 1.29 is 12.8 Å². The number of nitrogens with one attached hydrogen (secondary N) is 1. The third kappa shape index (κ3) is 4.17. The maximum absolute atomic E-state index is 13.2. The predicted molar refractivity (Wildman–Crippen MR) is 86.7 cm³/mol. The Balaban J connectivity index is 2.10. The summed E-state index contributed by atoms with van der Waals surface area (Å²) in [5.41, 5.74) is 5.12. The van der Waals surface area contributed by atoms with Crippen molar-refractivity contribution in [2.45, 2.75) is 11.3 Å². The van der Waals surface area contributed by atoms with E-state index in [2.05, 4.69) is 20.7 Å². The summed E-state index contributed by atoms with van der Waals surface area (Å²) in [4.78, 5) is 0.810. The van der Waals surface area contributed by atoms with Gasteiger partial charge in [-0.2, -0.15) is 0 Å². The van der Waals surface area contributed by atoms with Crippen LogP contribution >= 0.6 is 38.9 Å². The van der Waals surface area contributed by atoms with Crippen LogP contribution in [-0.2, 0) is 16.4 Å². The standard InChI is InChI=1S/C12H11BrClFN2O2S2/c13-12-2-1-7(20-12)3-4-17-21(18,19)11-6-10(16)9(15)5-8(11)14/h1-2,5-6,17H,3-4,16H2. The highest BCUT2D eigenvalue weighted by Gasteiger charge is 2.19. The summed E-state index contributed by atoms with van der Waals surface area (Å²) in [5.74, 6) is -0.748. The lowest BCUT2D eigenvalue weighted by Crippen LogP contribution is -2.26. The predicted octanol–water partition coefficient (Wildman–Crippen LogP) is 3.41. The Morgan fingerprint density at radius 1 is 1.38 bits per heavy atom. The Morgan fingerprint density at radius 3 is 2.71 bits per heavy atom. The van der Waals surface area contributed by atoms with Crippen molar-refractivity contribution >= 4 is 54.6 Å². The second-order valence-corrected chi connectivity index (χ2v) is 8.85. The fraction of sp³-hybridized carbons (Fsp3) is 0.167. The van der Waals surface area contributed by atoms with Crippen molar-refractivity contribution in [1.29, 1.82) is 0 Å². The van der Waals surface area contributed by atoms with Crippen molar-refractivity contribution in [3.63, 3.8) is 0 Å². The number of anilines is 1. The minimum Gasteiger partial charge on any atom is -0.396 e. The quantitative estimate of drug-likeness (QED) is 0.738. The van der Waals surface area contributed by atoms with Gasteiger partial charge in [0.2, 0.25) is 10.0 Å². The molecule has 0 fully saturated rings. The largest absolute Gasteiger partial charge is 0.396 e. The first-order chi connectivity index (χ1) is 9.79. The number of benzene rings is 1. The lowest BCUT2D eigenvalue weighted by Gasteiger charge is -2.09. The van der Waals surface area contributed by atoms with Gasteiger partial charge in [0.15, 0.2) is 0 Å². The molecule has 0 unspecified atom stereocenters. The molecule has 114 valence electrons. The van der Waals surface area contributed by atoms with Gasteiger partial charge in [0.05, 0.1) is 14.5 Å². The van der Waals surface area contributed by atoms with Crippen LogP contribution in [0.2, 0.25) is 5.02 Å². The molecule has 3 N–H and O–H groups in total. The number of hydrogen-bond donors (Lipinski definition) is 2. The Morgan fingerprint density at radius 2 is 2.10 bits per heavy atom. The third-order valence-corrected chi connectivity index (χ3v) is 6.24. The first kappa shape index (κ1) is 16.7. The molecule has 1 aromatic carbocycles. The fourth-order valence-electron chi connectivity index (χ4n) is 1.62. The summed E-state index contributed by atoms with van der Waals surface area (Å²) in [7, 11) is -3.83. The number of nitrogen functional groups attached to an aromatic ring is 1. The summed E-state index contributed by atoms with van der Waals surface area (Å²) < 4.78 is 40.9. The Hall–Kier alpha value is -0.670. The highest BCUT2D eigenvalue weighted by atomic mass is 79.9. The first-order valence-corrected chi connectivity index (χ1v) is 9.25. The van der Waals surface area contributed by atoms with Gasteiger partial charge in [0.25, 0.3) is 0 Å². The number of sulfonamides is 1. The van der Waals surface area contributed by atoms with Gasteiger partial charge in [-0.25, -0.2) is 17.5 Å². The van der Waals surface area contributed by atoms with Crippen LogP contribution in [0.15, 0.2) is 32.9 Å². The third-order valence-electron chi connectivity index (χ3n) is 2.63. The molecular weight excluding hydrogens is 403 g/mol. The SMILES string of the molecule is Nc1cc(S(=O)(=O)NCCc2ccc(Br)s2)c(Cl)cc1F. The van der Waals surface area contributed by atoms with Crippen molar-refractivity contribution in [1.82, 2.24) is 4.72 Å². The van der Waals surface area contributed by atoms with Crippen LogP contribution in [0.25, 0.3) is 0 Å². The van der Waals surface area contributed by atoms with Crippen LogP contribution in [0, 0.1) is 5.82 Å². The van der Waals surface area contributed by atoms with E-state index in [0.29, 0.717) is 6.42 Å². The summed E-state index contributed by atoms with van der Waals surface area (Å²) in [6.07, 6.45) is 0.545. The van der Waals surface area contributed by atoms with E-state index in [1.807, 2.05) is 12.1 Å². The zero-order chi connectivity index (χ0) is 15.6. The molecule has 9 heteroatoms. The molecular formula is C12H11BrClFN2O2S2. The Kier molecular flexibility index (Phi) is 5.26. The van der Waals surface area contributed by atoms with Crippen LogP contribution in [-0.4, -0.2) is 15.0 Å². The van der Waals surface area contributed by atoms with Crippen LogP contribution in [0.5, 0.6) is 0 Å². The molecule has 0 bridgehead atoms. The first-order valence-electron chi connectivity index (χ1n) is 5.78. The molecule has 0 saturated carbocycles. The van der Waals surface area contributed by atoms with Crippen molar-refractivity contribution in [2.24, 2.45) is 0 Å². The smallest absolute Gasteiger partial charge is 0.242 e. The van der Waals surface area contributed by atoms with E-state index in [0.717, 1.165) is 20.8 Å². The average molecular weight is 414 g/mol. The monoisotopic (exact) mass is 412 g/mol.